The quantitative estimate of drug-likeness (QED) is 0.701. The summed E-state index contributed by atoms with van der Waals surface area (Å²) in [5.41, 5.74) is 0.612. The molecule has 1 amide bonds. The van der Waals surface area contributed by atoms with Crippen LogP contribution in [0.4, 0.5) is 5.69 Å². The average molecular weight is 247 g/mol. The number of aliphatic carboxylic acids is 1. The van der Waals surface area contributed by atoms with Crippen molar-refractivity contribution in [1.82, 2.24) is 5.32 Å². The number of para-hydroxylation sites is 1. The first kappa shape index (κ1) is 13.7. The highest BCUT2D eigenvalue weighted by molar-refractivity contribution is 5.95. The summed E-state index contributed by atoms with van der Waals surface area (Å²) in [5.74, 6) is -1.38. The molecule has 0 heterocycles. The summed E-state index contributed by atoms with van der Waals surface area (Å²) in [5, 5.41) is 19.6. The normalized spacial score (nSPS) is 9.50. The van der Waals surface area contributed by atoms with E-state index in [2.05, 4.69) is 5.32 Å². The SMILES string of the molecule is N#CCN(C(=O)CNCC(=O)O)c1ccccc1. The van der Waals surface area contributed by atoms with Crippen LogP contribution in [0.1, 0.15) is 0 Å². The summed E-state index contributed by atoms with van der Waals surface area (Å²) in [6.07, 6.45) is 0. The third-order valence-corrected chi connectivity index (χ3v) is 2.15. The summed E-state index contributed by atoms with van der Waals surface area (Å²) in [6.45, 7) is -0.485. The number of hydrogen-bond donors (Lipinski definition) is 2. The Morgan fingerprint density at radius 3 is 2.50 bits per heavy atom. The second kappa shape index (κ2) is 7.04. The zero-order valence-electron chi connectivity index (χ0n) is 9.67. The summed E-state index contributed by atoms with van der Waals surface area (Å²) in [6, 6.07) is 10.7. The van der Waals surface area contributed by atoms with Crippen LogP contribution in [-0.2, 0) is 9.59 Å². The van der Waals surface area contributed by atoms with Gasteiger partial charge in [-0.2, -0.15) is 5.26 Å². The number of carboxylic acid groups (broad SMARTS) is 1. The Morgan fingerprint density at radius 2 is 1.94 bits per heavy atom. The summed E-state index contributed by atoms with van der Waals surface area (Å²) >= 11 is 0. The van der Waals surface area contributed by atoms with Crippen molar-refractivity contribution < 1.29 is 14.7 Å². The summed E-state index contributed by atoms with van der Waals surface area (Å²) in [4.78, 5) is 23.4. The number of anilines is 1. The number of nitrogens with zero attached hydrogens (tertiary/aromatic N) is 2. The van der Waals surface area contributed by atoms with Crippen molar-refractivity contribution in [3.63, 3.8) is 0 Å². The van der Waals surface area contributed by atoms with Crippen molar-refractivity contribution in [1.29, 1.82) is 5.26 Å². The lowest BCUT2D eigenvalue weighted by Gasteiger charge is -2.19. The van der Waals surface area contributed by atoms with E-state index in [1.165, 1.54) is 4.90 Å². The fraction of sp³-hybridized carbons (Fsp3) is 0.250. The monoisotopic (exact) mass is 247 g/mol. The predicted octanol–water partition coefficient (Wildman–Crippen LogP) is 0.217. The largest absolute Gasteiger partial charge is 0.480 e. The lowest BCUT2D eigenvalue weighted by atomic mass is 10.3. The first-order valence-corrected chi connectivity index (χ1v) is 5.30. The Labute approximate surface area is 104 Å². The van der Waals surface area contributed by atoms with E-state index in [-0.39, 0.29) is 25.5 Å². The molecule has 2 N–H and O–H groups in total. The van der Waals surface area contributed by atoms with Gasteiger partial charge in [0, 0.05) is 5.69 Å². The number of amides is 1. The second-order valence-electron chi connectivity index (χ2n) is 3.47. The maximum absolute atomic E-state index is 11.8. The zero-order chi connectivity index (χ0) is 13.4. The molecular weight excluding hydrogens is 234 g/mol. The Balaban J connectivity index is 2.65. The lowest BCUT2D eigenvalue weighted by molar-refractivity contribution is -0.135. The van der Waals surface area contributed by atoms with Gasteiger partial charge in [-0.05, 0) is 12.1 Å². The third kappa shape index (κ3) is 4.23. The van der Waals surface area contributed by atoms with Gasteiger partial charge in [-0.3, -0.25) is 19.8 Å². The van der Waals surface area contributed by atoms with E-state index in [1.54, 1.807) is 30.3 Å². The van der Waals surface area contributed by atoms with E-state index < -0.39 is 5.97 Å². The second-order valence-corrected chi connectivity index (χ2v) is 3.47. The van der Waals surface area contributed by atoms with Crippen LogP contribution >= 0.6 is 0 Å². The van der Waals surface area contributed by atoms with Gasteiger partial charge in [0.15, 0.2) is 0 Å². The number of hydrogen-bond acceptors (Lipinski definition) is 4. The molecular formula is C12H13N3O3. The van der Waals surface area contributed by atoms with Gasteiger partial charge in [0.05, 0.1) is 19.2 Å². The molecule has 6 nitrogen and oxygen atoms in total. The minimum atomic E-state index is -1.03. The number of nitrogens with one attached hydrogen (secondary N) is 1. The maximum Gasteiger partial charge on any atom is 0.317 e. The standard InChI is InChI=1S/C12H13N3O3/c13-6-7-15(10-4-2-1-3-5-10)11(16)8-14-9-12(17)18/h1-5,14H,7-9H2,(H,17,18). The van der Waals surface area contributed by atoms with Gasteiger partial charge in [0.1, 0.15) is 6.54 Å². The average Bonchev–Trinajstić information content (AvgIpc) is 2.36. The molecule has 0 bridgehead atoms. The van der Waals surface area contributed by atoms with Crippen LogP contribution in [-0.4, -0.2) is 36.6 Å². The van der Waals surface area contributed by atoms with E-state index >= 15 is 0 Å². The molecule has 18 heavy (non-hydrogen) atoms. The molecule has 0 aliphatic carbocycles. The van der Waals surface area contributed by atoms with Gasteiger partial charge < -0.3 is 5.11 Å². The number of carbonyl (C=O) groups is 2. The van der Waals surface area contributed by atoms with Crippen molar-refractivity contribution in [3.8, 4) is 6.07 Å². The van der Waals surface area contributed by atoms with Crippen molar-refractivity contribution >= 4 is 17.6 Å². The van der Waals surface area contributed by atoms with E-state index in [1.807, 2.05) is 6.07 Å². The molecule has 0 unspecified atom stereocenters. The van der Waals surface area contributed by atoms with Gasteiger partial charge in [0.25, 0.3) is 0 Å². The number of rotatable bonds is 6. The molecule has 94 valence electrons. The van der Waals surface area contributed by atoms with E-state index in [0.717, 1.165) is 0 Å². The van der Waals surface area contributed by atoms with Crippen molar-refractivity contribution in [2.24, 2.45) is 0 Å². The molecule has 0 radical (unpaired) electrons. The van der Waals surface area contributed by atoms with E-state index in [0.29, 0.717) is 5.69 Å². The smallest absolute Gasteiger partial charge is 0.317 e. The Hall–Kier alpha value is -2.39. The van der Waals surface area contributed by atoms with Crippen LogP contribution in [0.2, 0.25) is 0 Å². The van der Waals surface area contributed by atoms with E-state index in [4.69, 9.17) is 10.4 Å². The molecule has 0 spiro atoms. The van der Waals surface area contributed by atoms with Gasteiger partial charge in [0.2, 0.25) is 5.91 Å². The molecule has 1 rings (SSSR count). The first-order valence-electron chi connectivity index (χ1n) is 5.30. The number of carboxylic acids is 1. The van der Waals surface area contributed by atoms with Crippen LogP contribution in [0.3, 0.4) is 0 Å². The molecule has 1 aromatic rings. The highest BCUT2D eigenvalue weighted by Gasteiger charge is 2.14. The van der Waals surface area contributed by atoms with Crippen molar-refractivity contribution in [2.75, 3.05) is 24.5 Å². The zero-order valence-corrected chi connectivity index (χ0v) is 9.67. The van der Waals surface area contributed by atoms with Crippen molar-refractivity contribution in [3.05, 3.63) is 30.3 Å². The number of benzene rings is 1. The Bertz CT molecular complexity index is 453. The predicted molar refractivity (Wildman–Crippen MR) is 64.9 cm³/mol. The molecule has 0 aliphatic heterocycles. The van der Waals surface area contributed by atoms with Crippen LogP contribution in [0, 0.1) is 11.3 Å². The molecule has 0 fully saturated rings. The Morgan fingerprint density at radius 1 is 1.28 bits per heavy atom. The van der Waals surface area contributed by atoms with Crippen LogP contribution < -0.4 is 10.2 Å². The Kier molecular flexibility index (Phi) is 5.35. The molecule has 0 aromatic heterocycles. The highest BCUT2D eigenvalue weighted by Crippen LogP contribution is 2.12. The molecule has 0 saturated carbocycles. The first-order chi connectivity index (χ1) is 8.65. The third-order valence-electron chi connectivity index (χ3n) is 2.15. The minimum absolute atomic E-state index is 0.0718. The highest BCUT2D eigenvalue weighted by atomic mass is 16.4. The minimum Gasteiger partial charge on any atom is -0.480 e. The van der Waals surface area contributed by atoms with Gasteiger partial charge >= 0.3 is 5.97 Å². The molecule has 1 aromatic carbocycles. The lowest BCUT2D eigenvalue weighted by Crippen LogP contribution is -2.40. The summed E-state index contributed by atoms with van der Waals surface area (Å²) < 4.78 is 0. The van der Waals surface area contributed by atoms with Crippen LogP contribution in [0.25, 0.3) is 0 Å². The molecule has 0 saturated heterocycles. The number of nitriles is 1. The van der Waals surface area contributed by atoms with Gasteiger partial charge in [-0.25, -0.2) is 0 Å². The van der Waals surface area contributed by atoms with Crippen molar-refractivity contribution in [2.45, 2.75) is 0 Å². The molecule has 0 aliphatic rings. The fourth-order valence-electron chi connectivity index (χ4n) is 1.37. The van der Waals surface area contributed by atoms with Crippen LogP contribution in [0.5, 0.6) is 0 Å². The topological polar surface area (TPSA) is 93.4 Å². The van der Waals surface area contributed by atoms with Gasteiger partial charge in [-0.1, -0.05) is 18.2 Å². The number of carbonyl (C=O) groups excluding carboxylic acids is 1. The van der Waals surface area contributed by atoms with E-state index in [9.17, 15) is 9.59 Å². The maximum atomic E-state index is 11.8. The fourth-order valence-corrected chi connectivity index (χ4v) is 1.37. The molecule has 6 heteroatoms. The summed E-state index contributed by atoms with van der Waals surface area (Å²) in [7, 11) is 0. The van der Waals surface area contributed by atoms with Crippen LogP contribution in [0.15, 0.2) is 30.3 Å². The van der Waals surface area contributed by atoms with Gasteiger partial charge in [-0.15, -0.1) is 0 Å². The molecule has 0 atom stereocenters.